The third-order valence-electron chi connectivity index (χ3n) is 1.15. The van der Waals surface area contributed by atoms with Crippen molar-refractivity contribution in [1.29, 1.82) is 0 Å². The SMILES string of the molecule is C=C/C=C/C[C@@H](O)CC. The molecule has 1 heteroatoms. The third kappa shape index (κ3) is 5.31. The van der Waals surface area contributed by atoms with Crippen molar-refractivity contribution in [3.63, 3.8) is 0 Å². The van der Waals surface area contributed by atoms with Crippen molar-refractivity contribution in [2.75, 3.05) is 0 Å². The lowest BCUT2D eigenvalue weighted by atomic mass is 10.2. The quantitative estimate of drug-likeness (QED) is 0.570. The molecule has 1 nitrogen and oxygen atoms in total. The molecular formula is C8H14O. The van der Waals surface area contributed by atoms with Gasteiger partial charge in [-0.1, -0.05) is 31.7 Å². The molecule has 0 aromatic rings. The predicted octanol–water partition coefficient (Wildman–Crippen LogP) is 1.89. The monoisotopic (exact) mass is 126 g/mol. The fourth-order valence-corrected chi connectivity index (χ4v) is 0.499. The molecule has 0 aromatic heterocycles. The van der Waals surface area contributed by atoms with Gasteiger partial charge in [0.05, 0.1) is 6.10 Å². The lowest BCUT2D eigenvalue weighted by molar-refractivity contribution is 0.174. The van der Waals surface area contributed by atoms with Crippen LogP contribution >= 0.6 is 0 Å². The van der Waals surface area contributed by atoms with Crippen LogP contribution in [-0.2, 0) is 0 Å². The van der Waals surface area contributed by atoms with E-state index < -0.39 is 0 Å². The molecule has 0 fully saturated rings. The molecule has 0 saturated carbocycles. The minimum Gasteiger partial charge on any atom is -0.393 e. The van der Waals surface area contributed by atoms with Crippen molar-refractivity contribution in [3.05, 3.63) is 24.8 Å². The Balaban J connectivity index is 3.25. The van der Waals surface area contributed by atoms with E-state index in [4.69, 9.17) is 5.11 Å². The van der Waals surface area contributed by atoms with Gasteiger partial charge in [-0.15, -0.1) is 0 Å². The maximum Gasteiger partial charge on any atom is 0.0572 e. The number of allylic oxidation sites excluding steroid dienone is 2. The number of rotatable bonds is 4. The van der Waals surface area contributed by atoms with Gasteiger partial charge in [0.15, 0.2) is 0 Å². The number of aliphatic hydroxyl groups excluding tert-OH is 1. The van der Waals surface area contributed by atoms with Crippen LogP contribution in [0.4, 0.5) is 0 Å². The van der Waals surface area contributed by atoms with Crippen molar-refractivity contribution >= 4 is 0 Å². The van der Waals surface area contributed by atoms with E-state index in [-0.39, 0.29) is 6.10 Å². The second-order valence-electron chi connectivity index (χ2n) is 1.96. The first-order chi connectivity index (χ1) is 4.31. The van der Waals surface area contributed by atoms with Crippen LogP contribution in [0, 0.1) is 0 Å². The van der Waals surface area contributed by atoms with E-state index in [1.807, 2.05) is 19.1 Å². The Morgan fingerprint density at radius 1 is 1.67 bits per heavy atom. The van der Waals surface area contributed by atoms with Gasteiger partial charge in [-0.2, -0.15) is 0 Å². The second-order valence-corrected chi connectivity index (χ2v) is 1.96. The Morgan fingerprint density at radius 2 is 2.33 bits per heavy atom. The molecule has 0 bridgehead atoms. The van der Waals surface area contributed by atoms with Crippen LogP contribution < -0.4 is 0 Å². The van der Waals surface area contributed by atoms with Crippen molar-refractivity contribution in [2.45, 2.75) is 25.9 Å². The standard InChI is InChI=1S/C8H14O/c1-3-5-6-7-8(9)4-2/h3,5-6,8-9H,1,4,7H2,2H3/b6-5+/t8-/m0/s1. The van der Waals surface area contributed by atoms with E-state index in [9.17, 15) is 0 Å². The zero-order valence-corrected chi connectivity index (χ0v) is 5.88. The largest absolute Gasteiger partial charge is 0.393 e. The lowest BCUT2D eigenvalue weighted by Crippen LogP contribution is -2.00. The highest BCUT2D eigenvalue weighted by molar-refractivity contribution is 4.97. The van der Waals surface area contributed by atoms with Crippen LogP contribution in [0.5, 0.6) is 0 Å². The Kier molecular flexibility index (Phi) is 5.23. The summed E-state index contributed by atoms with van der Waals surface area (Å²) in [5.41, 5.74) is 0. The highest BCUT2D eigenvalue weighted by atomic mass is 16.3. The highest BCUT2D eigenvalue weighted by Crippen LogP contribution is 1.96. The van der Waals surface area contributed by atoms with Crippen molar-refractivity contribution in [3.8, 4) is 0 Å². The molecule has 0 aliphatic heterocycles. The van der Waals surface area contributed by atoms with Crippen LogP contribution in [0.3, 0.4) is 0 Å². The fraction of sp³-hybridized carbons (Fsp3) is 0.500. The van der Waals surface area contributed by atoms with Gasteiger partial charge in [-0.25, -0.2) is 0 Å². The van der Waals surface area contributed by atoms with Gasteiger partial charge in [0.1, 0.15) is 0 Å². The molecule has 0 radical (unpaired) electrons. The Hall–Kier alpha value is -0.560. The molecule has 0 rings (SSSR count). The van der Waals surface area contributed by atoms with E-state index in [0.29, 0.717) is 0 Å². The van der Waals surface area contributed by atoms with Crippen molar-refractivity contribution in [1.82, 2.24) is 0 Å². The summed E-state index contributed by atoms with van der Waals surface area (Å²) in [6.07, 6.45) is 6.85. The van der Waals surface area contributed by atoms with Gasteiger partial charge in [0.2, 0.25) is 0 Å². The van der Waals surface area contributed by atoms with Gasteiger partial charge in [0, 0.05) is 0 Å². The molecule has 0 heterocycles. The van der Waals surface area contributed by atoms with Gasteiger partial charge < -0.3 is 5.11 Å². The smallest absolute Gasteiger partial charge is 0.0572 e. The van der Waals surface area contributed by atoms with Crippen LogP contribution in [-0.4, -0.2) is 11.2 Å². The van der Waals surface area contributed by atoms with Crippen LogP contribution in [0.2, 0.25) is 0 Å². The van der Waals surface area contributed by atoms with Gasteiger partial charge in [-0.05, 0) is 12.8 Å². The molecule has 0 aliphatic carbocycles. The predicted molar refractivity (Wildman–Crippen MR) is 40.3 cm³/mol. The number of aliphatic hydroxyl groups is 1. The van der Waals surface area contributed by atoms with Crippen LogP contribution in [0.15, 0.2) is 24.8 Å². The summed E-state index contributed by atoms with van der Waals surface area (Å²) >= 11 is 0. The maximum absolute atomic E-state index is 9.00. The summed E-state index contributed by atoms with van der Waals surface area (Å²) in [6, 6.07) is 0. The van der Waals surface area contributed by atoms with E-state index in [1.165, 1.54) is 0 Å². The minimum absolute atomic E-state index is 0.179. The van der Waals surface area contributed by atoms with Crippen LogP contribution in [0.25, 0.3) is 0 Å². The summed E-state index contributed by atoms with van der Waals surface area (Å²) < 4.78 is 0. The molecule has 0 unspecified atom stereocenters. The van der Waals surface area contributed by atoms with E-state index >= 15 is 0 Å². The normalized spacial score (nSPS) is 14.0. The second kappa shape index (κ2) is 5.57. The molecule has 1 atom stereocenters. The summed E-state index contributed by atoms with van der Waals surface area (Å²) in [6.45, 7) is 5.48. The molecule has 0 spiro atoms. The average molecular weight is 126 g/mol. The van der Waals surface area contributed by atoms with E-state index in [1.54, 1.807) is 6.08 Å². The fourth-order valence-electron chi connectivity index (χ4n) is 0.499. The van der Waals surface area contributed by atoms with Crippen molar-refractivity contribution in [2.24, 2.45) is 0 Å². The maximum atomic E-state index is 9.00. The summed E-state index contributed by atoms with van der Waals surface area (Å²) in [5, 5.41) is 9.00. The van der Waals surface area contributed by atoms with Gasteiger partial charge >= 0.3 is 0 Å². The van der Waals surface area contributed by atoms with Crippen molar-refractivity contribution < 1.29 is 5.11 Å². The Bertz CT molecular complexity index is 94.7. The molecule has 9 heavy (non-hydrogen) atoms. The highest BCUT2D eigenvalue weighted by Gasteiger charge is 1.93. The minimum atomic E-state index is -0.179. The first-order valence-electron chi connectivity index (χ1n) is 3.26. The first-order valence-corrected chi connectivity index (χ1v) is 3.26. The first kappa shape index (κ1) is 8.44. The van der Waals surface area contributed by atoms with Gasteiger partial charge in [0.25, 0.3) is 0 Å². The Morgan fingerprint density at radius 3 is 2.78 bits per heavy atom. The topological polar surface area (TPSA) is 20.2 Å². The summed E-state index contributed by atoms with van der Waals surface area (Å²) in [7, 11) is 0. The molecule has 0 aliphatic rings. The van der Waals surface area contributed by atoms with E-state index in [0.717, 1.165) is 12.8 Å². The Labute approximate surface area is 56.7 Å². The molecule has 1 N–H and O–H groups in total. The zero-order valence-electron chi connectivity index (χ0n) is 5.88. The van der Waals surface area contributed by atoms with Crippen LogP contribution in [0.1, 0.15) is 19.8 Å². The molecule has 0 aromatic carbocycles. The third-order valence-corrected chi connectivity index (χ3v) is 1.15. The zero-order chi connectivity index (χ0) is 7.11. The molecule has 0 amide bonds. The van der Waals surface area contributed by atoms with E-state index in [2.05, 4.69) is 6.58 Å². The summed E-state index contributed by atoms with van der Waals surface area (Å²) in [5.74, 6) is 0. The molecular weight excluding hydrogens is 112 g/mol. The molecule has 0 saturated heterocycles. The number of hydrogen-bond acceptors (Lipinski definition) is 1. The lowest BCUT2D eigenvalue weighted by Gasteiger charge is -2.00. The molecule has 52 valence electrons. The summed E-state index contributed by atoms with van der Waals surface area (Å²) in [4.78, 5) is 0. The number of hydrogen-bond donors (Lipinski definition) is 1. The average Bonchev–Trinajstić information content (AvgIpc) is 1.89. The van der Waals surface area contributed by atoms with Gasteiger partial charge in [-0.3, -0.25) is 0 Å².